The van der Waals surface area contributed by atoms with Crippen LogP contribution < -0.4 is 0 Å². The minimum Gasteiger partial charge on any atom is -0.481 e. The van der Waals surface area contributed by atoms with Crippen molar-refractivity contribution in [3.8, 4) is 0 Å². The summed E-state index contributed by atoms with van der Waals surface area (Å²) in [5.74, 6) is -1.37. The van der Waals surface area contributed by atoms with Gasteiger partial charge in [0.05, 0.1) is 6.10 Å². The van der Waals surface area contributed by atoms with Gasteiger partial charge in [-0.2, -0.15) is 5.06 Å². The van der Waals surface area contributed by atoms with Crippen molar-refractivity contribution in [2.45, 2.75) is 122 Å². The molecule has 0 bridgehead atoms. The molecule has 172 valence electrons. The molecule has 0 saturated heterocycles. The first-order valence-electron chi connectivity index (χ1n) is 11.7. The van der Waals surface area contributed by atoms with Gasteiger partial charge in [0, 0.05) is 26.9 Å². The summed E-state index contributed by atoms with van der Waals surface area (Å²) in [6.07, 6.45) is 18.7. The fourth-order valence-electron chi connectivity index (χ4n) is 3.61. The van der Waals surface area contributed by atoms with Gasteiger partial charge in [-0.05, 0) is 25.7 Å². The van der Waals surface area contributed by atoms with Crippen molar-refractivity contribution < 1.29 is 24.6 Å². The van der Waals surface area contributed by atoms with Gasteiger partial charge in [-0.1, -0.05) is 77.0 Å². The van der Waals surface area contributed by atoms with Gasteiger partial charge in [-0.15, -0.1) is 0 Å². The molecule has 0 atom stereocenters. The zero-order chi connectivity index (χ0) is 21.7. The molecule has 0 rings (SSSR count). The SMILES string of the molecule is CN(C)OC(CCCCCCCCCC(=O)O)CCCCCCCCCC(=O)O. The molecule has 0 amide bonds. The highest BCUT2D eigenvalue weighted by molar-refractivity contribution is 5.66. The number of nitrogens with zero attached hydrogens (tertiary/aromatic N) is 1. The standard InChI is InChI=1S/C23H45NO5/c1-24(2)29-21(17-13-9-5-3-7-11-15-19-22(25)26)18-14-10-6-4-8-12-16-20-23(27)28/h21H,3-20H2,1-2H3,(H,25,26)(H,27,28). The van der Waals surface area contributed by atoms with E-state index < -0.39 is 11.9 Å². The first kappa shape index (κ1) is 27.9. The highest BCUT2D eigenvalue weighted by Crippen LogP contribution is 2.17. The van der Waals surface area contributed by atoms with Crippen LogP contribution >= 0.6 is 0 Å². The van der Waals surface area contributed by atoms with Crippen LogP contribution in [0.2, 0.25) is 0 Å². The molecule has 6 heteroatoms. The fourth-order valence-corrected chi connectivity index (χ4v) is 3.61. The molecule has 0 aromatic heterocycles. The quantitative estimate of drug-likeness (QED) is 0.166. The van der Waals surface area contributed by atoms with E-state index in [1.165, 1.54) is 51.4 Å². The Balaban J connectivity index is 3.61. The third-order valence-corrected chi connectivity index (χ3v) is 5.19. The third kappa shape index (κ3) is 23.0. The maximum Gasteiger partial charge on any atom is 0.303 e. The Kier molecular flexibility index (Phi) is 19.4. The van der Waals surface area contributed by atoms with Crippen molar-refractivity contribution >= 4 is 11.9 Å². The van der Waals surface area contributed by atoms with Gasteiger partial charge in [0.25, 0.3) is 0 Å². The molecule has 0 aliphatic rings. The lowest BCUT2D eigenvalue weighted by atomic mass is 10.0. The first-order valence-corrected chi connectivity index (χ1v) is 11.7. The monoisotopic (exact) mass is 415 g/mol. The van der Waals surface area contributed by atoms with Gasteiger partial charge in [0.15, 0.2) is 0 Å². The molecular formula is C23H45NO5. The van der Waals surface area contributed by atoms with Crippen LogP contribution in [0.25, 0.3) is 0 Å². The van der Waals surface area contributed by atoms with Crippen molar-refractivity contribution in [2.75, 3.05) is 14.1 Å². The minimum absolute atomic E-state index is 0.300. The number of carbonyl (C=O) groups is 2. The Morgan fingerprint density at radius 3 is 1.24 bits per heavy atom. The Hall–Kier alpha value is -1.14. The van der Waals surface area contributed by atoms with Crippen LogP contribution in [0.3, 0.4) is 0 Å². The first-order chi connectivity index (χ1) is 13.9. The Morgan fingerprint density at radius 1 is 0.621 bits per heavy atom. The number of hydrogen-bond donors (Lipinski definition) is 2. The zero-order valence-electron chi connectivity index (χ0n) is 18.9. The van der Waals surface area contributed by atoms with E-state index in [2.05, 4.69) is 0 Å². The maximum absolute atomic E-state index is 10.5. The van der Waals surface area contributed by atoms with Gasteiger partial charge in [0.2, 0.25) is 0 Å². The summed E-state index contributed by atoms with van der Waals surface area (Å²) >= 11 is 0. The second kappa shape index (κ2) is 20.1. The molecule has 0 aliphatic heterocycles. The molecule has 0 spiro atoms. The van der Waals surface area contributed by atoms with Crippen molar-refractivity contribution in [1.82, 2.24) is 5.06 Å². The van der Waals surface area contributed by atoms with E-state index in [4.69, 9.17) is 15.1 Å². The Morgan fingerprint density at radius 2 is 0.931 bits per heavy atom. The predicted molar refractivity (Wildman–Crippen MR) is 117 cm³/mol. The molecule has 29 heavy (non-hydrogen) atoms. The van der Waals surface area contributed by atoms with E-state index in [-0.39, 0.29) is 0 Å². The summed E-state index contributed by atoms with van der Waals surface area (Å²) in [7, 11) is 3.89. The molecule has 0 aliphatic carbocycles. The third-order valence-electron chi connectivity index (χ3n) is 5.19. The molecule has 0 fully saturated rings. The molecule has 6 nitrogen and oxygen atoms in total. The highest BCUT2D eigenvalue weighted by Gasteiger charge is 2.10. The van der Waals surface area contributed by atoms with Crippen LogP contribution in [0.5, 0.6) is 0 Å². The highest BCUT2D eigenvalue weighted by atomic mass is 16.7. The number of carboxylic acid groups (broad SMARTS) is 2. The van der Waals surface area contributed by atoms with E-state index in [9.17, 15) is 9.59 Å². The molecule has 0 heterocycles. The molecular weight excluding hydrogens is 370 g/mol. The van der Waals surface area contributed by atoms with Gasteiger partial charge < -0.3 is 10.2 Å². The lowest BCUT2D eigenvalue weighted by molar-refractivity contribution is -0.169. The van der Waals surface area contributed by atoms with Gasteiger partial charge in [-0.25, -0.2) is 0 Å². The lowest BCUT2D eigenvalue weighted by Gasteiger charge is -2.21. The van der Waals surface area contributed by atoms with Crippen LogP contribution in [-0.2, 0) is 14.4 Å². The van der Waals surface area contributed by atoms with E-state index in [0.29, 0.717) is 18.9 Å². The topological polar surface area (TPSA) is 87.1 Å². The second-order valence-electron chi connectivity index (χ2n) is 8.35. The maximum atomic E-state index is 10.5. The van der Waals surface area contributed by atoms with Gasteiger partial charge in [-0.3, -0.25) is 14.4 Å². The van der Waals surface area contributed by atoms with E-state index in [0.717, 1.165) is 51.4 Å². The number of hydrogen-bond acceptors (Lipinski definition) is 4. The summed E-state index contributed by atoms with van der Waals surface area (Å²) in [5.41, 5.74) is 0. The number of carboxylic acids is 2. The Labute approximate surface area is 178 Å². The molecule has 0 aromatic carbocycles. The largest absolute Gasteiger partial charge is 0.481 e. The van der Waals surface area contributed by atoms with Crippen molar-refractivity contribution in [2.24, 2.45) is 0 Å². The summed E-state index contributed by atoms with van der Waals surface area (Å²) in [6, 6.07) is 0. The summed E-state index contributed by atoms with van der Waals surface area (Å²) in [5, 5.41) is 19.1. The average molecular weight is 416 g/mol. The molecule has 0 unspecified atom stereocenters. The van der Waals surface area contributed by atoms with Crippen LogP contribution in [0, 0.1) is 0 Å². The van der Waals surface area contributed by atoms with Crippen LogP contribution in [0.15, 0.2) is 0 Å². The number of rotatable bonds is 22. The van der Waals surface area contributed by atoms with Crippen molar-refractivity contribution in [3.63, 3.8) is 0 Å². The van der Waals surface area contributed by atoms with Gasteiger partial charge >= 0.3 is 11.9 Å². The van der Waals surface area contributed by atoms with Gasteiger partial charge in [0.1, 0.15) is 0 Å². The fraction of sp³-hybridized carbons (Fsp3) is 0.913. The van der Waals surface area contributed by atoms with E-state index in [1.807, 2.05) is 19.2 Å². The minimum atomic E-state index is -0.687. The Bertz CT molecular complexity index is 369. The molecule has 2 N–H and O–H groups in total. The normalized spacial score (nSPS) is 11.4. The van der Waals surface area contributed by atoms with Crippen LogP contribution in [0.4, 0.5) is 0 Å². The molecule has 0 saturated carbocycles. The lowest BCUT2D eigenvalue weighted by Crippen LogP contribution is -2.23. The second-order valence-corrected chi connectivity index (χ2v) is 8.35. The molecule has 0 aromatic rings. The summed E-state index contributed by atoms with van der Waals surface area (Å²) < 4.78 is 0. The predicted octanol–water partition coefficient (Wildman–Crippen LogP) is 6.04. The van der Waals surface area contributed by atoms with Crippen LogP contribution in [-0.4, -0.2) is 47.4 Å². The number of aliphatic carboxylic acids is 2. The summed E-state index contributed by atoms with van der Waals surface area (Å²) in [4.78, 5) is 26.9. The summed E-state index contributed by atoms with van der Waals surface area (Å²) in [6.45, 7) is 0. The average Bonchev–Trinajstić information content (AvgIpc) is 2.64. The van der Waals surface area contributed by atoms with Crippen molar-refractivity contribution in [1.29, 1.82) is 0 Å². The van der Waals surface area contributed by atoms with E-state index >= 15 is 0 Å². The zero-order valence-corrected chi connectivity index (χ0v) is 18.9. The van der Waals surface area contributed by atoms with Crippen molar-refractivity contribution in [3.05, 3.63) is 0 Å². The van der Waals surface area contributed by atoms with E-state index in [1.54, 1.807) is 0 Å². The smallest absolute Gasteiger partial charge is 0.303 e. The van der Waals surface area contributed by atoms with Crippen LogP contribution in [0.1, 0.15) is 116 Å². The number of hydroxylamine groups is 2. The number of unbranched alkanes of at least 4 members (excludes halogenated alkanes) is 12. The molecule has 0 radical (unpaired) electrons.